The lowest BCUT2D eigenvalue weighted by Gasteiger charge is -2.44. The van der Waals surface area contributed by atoms with Gasteiger partial charge in [-0.3, -0.25) is 0 Å². The molecule has 0 amide bonds. The second kappa shape index (κ2) is 5.43. The van der Waals surface area contributed by atoms with E-state index in [0.29, 0.717) is 13.2 Å². The highest BCUT2D eigenvalue weighted by Crippen LogP contribution is 2.31. The maximum Gasteiger partial charge on any atom is 0.197 e. The lowest BCUT2D eigenvalue weighted by Crippen LogP contribution is -2.60. The van der Waals surface area contributed by atoms with Crippen LogP contribution in [0.5, 0.6) is 0 Å². The van der Waals surface area contributed by atoms with Crippen molar-refractivity contribution in [3.63, 3.8) is 0 Å². The standard InChI is InChI=1S/C17H19BN2O2/c19-13-9-22-10-16(17(13)21)20-14-7-3-1-5-11(14)18-12-6-2-4-8-15(12)20/h1-8,13,16-18,21H,9-10,19H2. The Hall–Kier alpha value is -1.82. The van der Waals surface area contributed by atoms with Gasteiger partial charge >= 0.3 is 0 Å². The number of rotatable bonds is 1. The molecule has 4 nitrogen and oxygen atoms in total. The second-order valence-corrected chi connectivity index (χ2v) is 6.06. The van der Waals surface area contributed by atoms with E-state index in [0.717, 1.165) is 18.7 Å². The molecule has 3 unspecified atom stereocenters. The normalized spacial score (nSPS) is 26.8. The third-order valence-electron chi connectivity index (χ3n) is 4.65. The first-order chi connectivity index (χ1) is 10.8. The third-order valence-corrected chi connectivity index (χ3v) is 4.65. The van der Waals surface area contributed by atoms with Gasteiger partial charge in [-0.05, 0) is 12.1 Å². The molecule has 4 rings (SSSR count). The van der Waals surface area contributed by atoms with Gasteiger partial charge in [-0.1, -0.05) is 47.3 Å². The van der Waals surface area contributed by atoms with Crippen LogP contribution >= 0.6 is 0 Å². The number of para-hydroxylation sites is 2. The Morgan fingerprint density at radius 2 is 1.59 bits per heavy atom. The fourth-order valence-electron chi connectivity index (χ4n) is 3.52. The maximum absolute atomic E-state index is 10.6. The Morgan fingerprint density at radius 3 is 2.23 bits per heavy atom. The lowest BCUT2D eigenvalue weighted by atomic mass is 9.60. The molecule has 2 aliphatic heterocycles. The van der Waals surface area contributed by atoms with Crippen LogP contribution in [0.4, 0.5) is 11.4 Å². The summed E-state index contributed by atoms with van der Waals surface area (Å²) in [6.07, 6.45) is -0.604. The molecule has 1 saturated heterocycles. The molecule has 1 fully saturated rings. The monoisotopic (exact) mass is 294 g/mol. The first-order valence-electron chi connectivity index (χ1n) is 7.72. The van der Waals surface area contributed by atoms with Crippen LogP contribution in [0.1, 0.15) is 0 Å². The number of ether oxygens (including phenoxy) is 1. The van der Waals surface area contributed by atoms with E-state index in [-0.39, 0.29) is 12.1 Å². The number of aliphatic hydroxyl groups is 1. The summed E-state index contributed by atoms with van der Waals surface area (Å²) in [4.78, 5) is 2.21. The van der Waals surface area contributed by atoms with Gasteiger partial charge in [-0.15, -0.1) is 0 Å². The molecular weight excluding hydrogens is 275 g/mol. The van der Waals surface area contributed by atoms with Gasteiger partial charge in [0.05, 0.1) is 31.4 Å². The van der Waals surface area contributed by atoms with Crippen molar-refractivity contribution in [3.8, 4) is 0 Å². The average molecular weight is 294 g/mol. The summed E-state index contributed by atoms with van der Waals surface area (Å²) in [7, 11) is 0.915. The SMILES string of the molecule is NC1COCC(N2c3ccccc3Bc3ccccc32)C1O. The van der Waals surface area contributed by atoms with E-state index in [2.05, 4.69) is 41.3 Å². The number of nitrogens with two attached hydrogens (primary N) is 1. The summed E-state index contributed by atoms with van der Waals surface area (Å²) in [5, 5.41) is 10.6. The number of hydrogen-bond donors (Lipinski definition) is 2. The van der Waals surface area contributed by atoms with Gasteiger partial charge in [-0.25, -0.2) is 0 Å². The Labute approximate surface area is 130 Å². The van der Waals surface area contributed by atoms with Crippen LogP contribution in [0.3, 0.4) is 0 Å². The second-order valence-electron chi connectivity index (χ2n) is 6.06. The quantitative estimate of drug-likeness (QED) is 0.704. The van der Waals surface area contributed by atoms with Crippen molar-refractivity contribution in [2.75, 3.05) is 18.1 Å². The van der Waals surface area contributed by atoms with E-state index in [1.165, 1.54) is 10.9 Å². The van der Waals surface area contributed by atoms with Crippen molar-refractivity contribution in [3.05, 3.63) is 48.5 Å². The van der Waals surface area contributed by atoms with Crippen LogP contribution in [-0.4, -0.2) is 43.8 Å². The van der Waals surface area contributed by atoms with Crippen LogP contribution < -0.4 is 21.6 Å². The molecule has 2 aromatic rings. The fourth-order valence-corrected chi connectivity index (χ4v) is 3.52. The topological polar surface area (TPSA) is 58.7 Å². The molecule has 112 valence electrons. The zero-order valence-electron chi connectivity index (χ0n) is 12.4. The minimum absolute atomic E-state index is 0.161. The van der Waals surface area contributed by atoms with E-state index in [1.54, 1.807) is 0 Å². The van der Waals surface area contributed by atoms with Crippen LogP contribution in [0.2, 0.25) is 0 Å². The minimum atomic E-state index is -0.604. The summed E-state index contributed by atoms with van der Waals surface area (Å²) in [5.41, 5.74) is 10.8. The predicted octanol–water partition coefficient (Wildman–Crippen LogP) is -0.388. The molecule has 2 aromatic carbocycles. The van der Waals surface area contributed by atoms with E-state index in [1.807, 2.05) is 12.1 Å². The molecular formula is C17H19BN2O2. The van der Waals surface area contributed by atoms with Crippen molar-refractivity contribution in [2.24, 2.45) is 5.73 Å². The van der Waals surface area contributed by atoms with E-state index < -0.39 is 6.10 Å². The van der Waals surface area contributed by atoms with Gasteiger partial charge in [0.25, 0.3) is 0 Å². The number of aliphatic hydroxyl groups excluding tert-OH is 1. The number of hydrogen-bond acceptors (Lipinski definition) is 4. The largest absolute Gasteiger partial charge is 0.389 e. The number of benzene rings is 2. The van der Waals surface area contributed by atoms with Gasteiger partial charge < -0.3 is 20.5 Å². The Kier molecular flexibility index (Phi) is 3.41. The number of anilines is 2. The van der Waals surface area contributed by atoms with E-state index in [9.17, 15) is 5.11 Å². The molecule has 0 spiro atoms. The van der Waals surface area contributed by atoms with Crippen molar-refractivity contribution >= 4 is 29.6 Å². The molecule has 2 heterocycles. The minimum Gasteiger partial charge on any atom is -0.389 e. The molecule has 0 bridgehead atoms. The highest BCUT2D eigenvalue weighted by atomic mass is 16.5. The van der Waals surface area contributed by atoms with Gasteiger partial charge in [0.1, 0.15) is 0 Å². The summed E-state index contributed by atoms with van der Waals surface area (Å²) >= 11 is 0. The van der Waals surface area contributed by atoms with Crippen molar-refractivity contribution in [1.29, 1.82) is 0 Å². The Balaban J connectivity index is 1.84. The van der Waals surface area contributed by atoms with E-state index >= 15 is 0 Å². The first-order valence-corrected chi connectivity index (χ1v) is 7.72. The molecule has 0 saturated carbocycles. The Morgan fingerprint density at radius 1 is 1.00 bits per heavy atom. The number of nitrogens with zero attached hydrogens (tertiary/aromatic N) is 1. The first kappa shape index (κ1) is 13.8. The van der Waals surface area contributed by atoms with Crippen molar-refractivity contribution < 1.29 is 9.84 Å². The lowest BCUT2D eigenvalue weighted by molar-refractivity contribution is -0.0192. The molecule has 2 aliphatic rings. The highest BCUT2D eigenvalue weighted by molar-refractivity contribution is 6.71. The van der Waals surface area contributed by atoms with Gasteiger partial charge in [-0.2, -0.15) is 0 Å². The van der Waals surface area contributed by atoms with Crippen LogP contribution in [0.25, 0.3) is 0 Å². The summed E-state index contributed by atoms with van der Waals surface area (Å²) < 4.78 is 5.62. The molecule has 0 radical (unpaired) electrons. The van der Waals surface area contributed by atoms with Crippen LogP contribution in [0, 0.1) is 0 Å². The zero-order chi connectivity index (χ0) is 15.1. The van der Waals surface area contributed by atoms with E-state index in [4.69, 9.17) is 10.5 Å². The van der Waals surface area contributed by atoms with Gasteiger partial charge in [0.15, 0.2) is 7.28 Å². The average Bonchev–Trinajstić information content (AvgIpc) is 2.55. The van der Waals surface area contributed by atoms with Gasteiger partial charge in [0, 0.05) is 11.4 Å². The predicted molar refractivity (Wildman–Crippen MR) is 90.0 cm³/mol. The fraction of sp³-hybridized carbons (Fsp3) is 0.294. The molecule has 3 N–H and O–H groups in total. The van der Waals surface area contributed by atoms with Crippen molar-refractivity contribution in [1.82, 2.24) is 0 Å². The Bertz CT molecular complexity index is 648. The molecule has 5 heteroatoms. The smallest absolute Gasteiger partial charge is 0.197 e. The third kappa shape index (κ3) is 2.13. The summed E-state index contributed by atoms with van der Waals surface area (Å²) in [6.45, 7) is 0.895. The van der Waals surface area contributed by atoms with Crippen LogP contribution in [-0.2, 0) is 4.74 Å². The zero-order valence-corrected chi connectivity index (χ0v) is 12.4. The van der Waals surface area contributed by atoms with Crippen molar-refractivity contribution in [2.45, 2.75) is 18.2 Å². The summed E-state index contributed by atoms with van der Waals surface area (Å²) in [6, 6.07) is 16.2. The highest BCUT2D eigenvalue weighted by Gasteiger charge is 2.38. The molecule has 3 atom stereocenters. The summed E-state index contributed by atoms with van der Waals surface area (Å²) in [5.74, 6) is 0. The molecule has 0 aliphatic carbocycles. The van der Waals surface area contributed by atoms with Crippen LogP contribution in [0.15, 0.2) is 48.5 Å². The van der Waals surface area contributed by atoms with Gasteiger partial charge in [0.2, 0.25) is 0 Å². The maximum atomic E-state index is 10.6. The molecule has 22 heavy (non-hydrogen) atoms. The molecule has 0 aromatic heterocycles. The number of fused-ring (bicyclic) bond motifs is 2.